The van der Waals surface area contributed by atoms with Gasteiger partial charge >= 0.3 is 0 Å². The van der Waals surface area contributed by atoms with Crippen LogP contribution in [0.5, 0.6) is 11.6 Å². The standard InChI is InChI=1S/C38H40FN5O5/c39-28-11-13-29(14-12-28)49-33-32(40)35(46)44(25-41-33)24-37(48)18-21-42(22-19-37)34(45)30-15-20-43(23-31(30)26-7-3-1-4-8-26)36(47)38(16-17-38)27-9-5-2-6-10-27/h1-14,25,30-31,48H,15-24,40H2/t30-,31+/m1/s1. The van der Waals surface area contributed by atoms with Crippen molar-refractivity contribution in [1.29, 1.82) is 0 Å². The van der Waals surface area contributed by atoms with Gasteiger partial charge in [0, 0.05) is 38.0 Å². The van der Waals surface area contributed by atoms with Gasteiger partial charge in [-0.25, -0.2) is 9.37 Å². The predicted molar refractivity (Wildman–Crippen MR) is 181 cm³/mol. The van der Waals surface area contributed by atoms with Crippen LogP contribution in [0.15, 0.2) is 96.1 Å². The molecular formula is C38H40FN5O5. The molecule has 2 saturated heterocycles. The lowest BCUT2D eigenvalue weighted by atomic mass is 9.78. The summed E-state index contributed by atoms with van der Waals surface area (Å²) >= 11 is 0. The van der Waals surface area contributed by atoms with Crippen molar-refractivity contribution in [2.75, 3.05) is 31.9 Å². The number of hydrogen-bond donors (Lipinski definition) is 2. The first kappa shape index (κ1) is 32.5. The molecule has 11 heteroatoms. The Morgan fingerprint density at radius 2 is 1.55 bits per heavy atom. The molecule has 2 atom stereocenters. The van der Waals surface area contributed by atoms with Crippen LogP contribution < -0.4 is 16.0 Å². The Balaban J connectivity index is 1.01. The molecule has 1 aromatic heterocycles. The van der Waals surface area contributed by atoms with Gasteiger partial charge < -0.3 is 25.4 Å². The molecule has 3 aromatic carbocycles. The fraction of sp³-hybridized carbons (Fsp3) is 0.368. The van der Waals surface area contributed by atoms with Gasteiger partial charge in [-0.15, -0.1) is 0 Å². The molecule has 3 N–H and O–H groups in total. The SMILES string of the molecule is Nc1c(Oc2ccc(F)cc2)ncn(CC2(O)CCN(C(=O)[C@@H]3CCN(C(=O)C4(c5ccccc5)CC4)C[C@H]3c3ccccc3)CC2)c1=O. The monoisotopic (exact) mass is 665 g/mol. The summed E-state index contributed by atoms with van der Waals surface area (Å²) in [5.74, 6) is -0.533. The third-order valence-corrected chi connectivity index (χ3v) is 10.5. The zero-order valence-electron chi connectivity index (χ0n) is 27.2. The number of aromatic nitrogens is 2. The number of carbonyl (C=O) groups is 2. The molecule has 2 aliphatic heterocycles. The van der Waals surface area contributed by atoms with Gasteiger partial charge in [0.25, 0.3) is 5.56 Å². The summed E-state index contributed by atoms with van der Waals surface area (Å²) in [7, 11) is 0. The lowest BCUT2D eigenvalue weighted by Gasteiger charge is -2.44. The quantitative estimate of drug-likeness (QED) is 0.284. The number of nitrogens with two attached hydrogens (primary N) is 1. The zero-order valence-corrected chi connectivity index (χ0v) is 27.2. The number of amides is 2. The number of nitrogens with zero attached hydrogens (tertiary/aromatic N) is 4. The van der Waals surface area contributed by atoms with E-state index >= 15 is 0 Å². The predicted octanol–water partition coefficient (Wildman–Crippen LogP) is 4.47. The van der Waals surface area contributed by atoms with Gasteiger partial charge in [0.1, 0.15) is 17.9 Å². The Kier molecular flexibility index (Phi) is 8.70. The summed E-state index contributed by atoms with van der Waals surface area (Å²) in [5, 5.41) is 11.5. The molecule has 10 nitrogen and oxygen atoms in total. The molecule has 0 spiro atoms. The topological polar surface area (TPSA) is 131 Å². The summed E-state index contributed by atoms with van der Waals surface area (Å²) in [5.41, 5.74) is 5.64. The lowest BCUT2D eigenvalue weighted by molar-refractivity contribution is -0.146. The van der Waals surface area contributed by atoms with Gasteiger partial charge in [0.2, 0.25) is 17.7 Å². The number of benzene rings is 3. The molecule has 49 heavy (non-hydrogen) atoms. The van der Waals surface area contributed by atoms with Crippen LogP contribution in [0.3, 0.4) is 0 Å². The summed E-state index contributed by atoms with van der Waals surface area (Å²) < 4.78 is 20.1. The van der Waals surface area contributed by atoms with E-state index in [4.69, 9.17) is 10.5 Å². The van der Waals surface area contributed by atoms with Crippen LogP contribution in [0.25, 0.3) is 0 Å². The fourth-order valence-electron chi connectivity index (χ4n) is 7.43. The normalized spacial score (nSPS) is 21.2. The van der Waals surface area contributed by atoms with Crippen molar-refractivity contribution in [3.05, 3.63) is 119 Å². The molecule has 1 aliphatic carbocycles. The zero-order chi connectivity index (χ0) is 34.2. The molecule has 3 heterocycles. The van der Waals surface area contributed by atoms with Gasteiger partial charge in [-0.1, -0.05) is 60.7 Å². The molecule has 0 bridgehead atoms. The third kappa shape index (κ3) is 6.55. The second-order valence-corrected chi connectivity index (χ2v) is 13.6. The Morgan fingerprint density at radius 1 is 0.898 bits per heavy atom. The maximum absolute atomic E-state index is 14.1. The maximum atomic E-state index is 14.1. The molecule has 1 saturated carbocycles. The molecule has 7 rings (SSSR count). The van der Waals surface area contributed by atoms with Gasteiger partial charge in [-0.05, 0) is 67.5 Å². The van der Waals surface area contributed by atoms with E-state index in [1.807, 2.05) is 70.5 Å². The molecule has 0 unspecified atom stereocenters. The van der Waals surface area contributed by atoms with Crippen LogP contribution in [0.4, 0.5) is 10.1 Å². The fourth-order valence-corrected chi connectivity index (χ4v) is 7.43. The molecule has 0 radical (unpaired) electrons. The Bertz CT molecular complexity index is 1870. The van der Waals surface area contributed by atoms with E-state index in [1.165, 1.54) is 35.2 Å². The molecule has 254 valence electrons. The third-order valence-electron chi connectivity index (χ3n) is 10.5. The first-order valence-electron chi connectivity index (χ1n) is 16.9. The number of piperidine rings is 2. The number of likely N-dealkylation sites (tertiary alicyclic amines) is 2. The second-order valence-electron chi connectivity index (χ2n) is 13.6. The first-order valence-corrected chi connectivity index (χ1v) is 16.9. The van der Waals surface area contributed by atoms with E-state index in [-0.39, 0.29) is 60.4 Å². The lowest BCUT2D eigenvalue weighted by Crippen LogP contribution is -2.54. The van der Waals surface area contributed by atoms with E-state index in [2.05, 4.69) is 4.98 Å². The van der Waals surface area contributed by atoms with Crippen molar-refractivity contribution >= 4 is 17.5 Å². The number of aliphatic hydroxyl groups is 1. The summed E-state index contributed by atoms with van der Waals surface area (Å²) in [6.45, 7) is 1.61. The number of hydrogen-bond acceptors (Lipinski definition) is 7. The Morgan fingerprint density at radius 3 is 2.20 bits per heavy atom. The molecule has 2 amide bonds. The van der Waals surface area contributed by atoms with Crippen LogP contribution in [0, 0.1) is 11.7 Å². The molecule has 3 fully saturated rings. The highest BCUT2D eigenvalue weighted by atomic mass is 19.1. The largest absolute Gasteiger partial charge is 0.437 e. The molecule has 4 aromatic rings. The Hall–Kier alpha value is -5.03. The number of ether oxygens (including phenoxy) is 1. The Labute approximate surface area is 283 Å². The smallest absolute Gasteiger partial charge is 0.280 e. The van der Waals surface area contributed by atoms with Gasteiger partial charge in [0.15, 0.2) is 5.69 Å². The van der Waals surface area contributed by atoms with E-state index in [0.29, 0.717) is 32.6 Å². The minimum atomic E-state index is -1.25. The van der Waals surface area contributed by atoms with Crippen molar-refractivity contribution in [2.45, 2.75) is 55.6 Å². The minimum absolute atomic E-state index is 0.0255. The number of nitrogen functional groups attached to an aromatic ring is 1. The van der Waals surface area contributed by atoms with Crippen molar-refractivity contribution in [3.8, 4) is 11.6 Å². The van der Waals surface area contributed by atoms with Crippen molar-refractivity contribution in [2.24, 2.45) is 5.92 Å². The van der Waals surface area contributed by atoms with Crippen LogP contribution >= 0.6 is 0 Å². The maximum Gasteiger partial charge on any atom is 0.280 e. The van der Waals surface area contributed by atoms with Crippen molar-refractivity contribution in [3.63, 3.8) is 0 Å². The van der Waals surface area contributed by atoms with E-state index in [0.717, 1.165) is 24.0 Å². The molecule has 3 aliphatic rings. The van der Waals surface area contributed by atoms with E-state index < -0.39 is 22.4 Å². The minimum Gasteiger partial charge on any atom is -0.437 e. The van der Waals surface area contributed by atoms with Crippen molar-refractivity contribution in [1.82, 2.24) is 19.4 Å². The summed E-state index contributed by atoms with van der Waals surface area (Å²) in [6.07, 6.45) is 4.05. The average molecular weight is 666 g/mol. The van der Waals surface area contributed by atoms with Crippen LogP contribution in [-0.4, -0.2) is 68.1 Å². The van der Waals surface area contributed by atoms with Crippen LogP contribution in [0.1, 0.15) is 49.1 Å². The number of halogens is 1. The second kappa shape index (κ2) is 13.1. The van der Waals surface area contributed by atoms with Crippen LogP contribution in [0.2, 0.25) is 0 Å². The first-order chi connectivity index (χ1) is 23.7. The summed E-state index contributed by atoms with van der Waals surface area (Å²) in [4.78, 5) is 49.1. The van der Waals surface area contributed by atoms with Gasteiger partial charge in [0.05, 0.1) is 17.6 Å². The highest BCUT2D eigenvalue weighted by Gasteiger charge is 2.54. The van der Waals surface area contributed by atoms with Crippen molar-refractivity contribution < 1.29 is 23.8 Å². The summed E-state index contributed by atoms with van der Waals surface area (Å²) in [6, 6.07) is 25.2. The van der Waals surface area contributed by atoms with Gasteiger partial charge in [-0.2, -0.15) is 0 Å². The highest BCUT2D eigenvalue weighted by molar-refractivity contribution is 5.92. The number of carbonyl (C=O) groups excluding carboxylic acids is 2. The average Bonchev–Trinajstić information content (AvgIpc) is 3.95. The highest BCUT2D eigenvalue weighted by Crippen LogP contribution is 2.50. The van der Waals surface area contributed by atoms with Gasteiger partial charge in [-0.3, -0.25) is 19.0 Å². The number of rotatable bonds is 8. The van der Waals surface area contributed by atoms with Crippen LogP contribution in [-0.2, 0) is 21.5 Å². The number of anilines is 1. The van der Waals surface area contributed by atoms with E-state index in [1.54, 1.807) is 0 Å². The van der Waals surface area contributed by atoms with E-state index in [9.17, 15) is 23.9 Å². The molecular weight excluding hydrogens is 625 g/mol.